The molecule has 0 saturated carbocycles. The number of halogens is 1. The zero-order valence-electron chi connectivity index (χ0n) is 15.4. The molecule has 0 aromatic heterocycles. The molecule has 9 heteroatoms. The second-order valence-corrected chi connectivity index (χ2v) is 10.2. The third-order valence-electron chi connectivity index (χ3n) is 4.35. The van der Waals surface area contributed by atoms with Crippen LogP contribution in [-0.4, -0.2) is 39.7 Å². The van der Waals surface area contributed by atoms with Crippen molar-refractivity contribution in [2.45, 2.75) is 29.7 Å². The smallest absolute Gasteiger partial charge is 0.266 e. The molecule has 28 heavy (non-hydrogen) atoms. The molecule has 0 unspecified atom stereocenters. The van der Waals surface area contributed by atoms with Crippen LogP contribution < -0.4 is 0 Å². The van der Waals surface area contributed by atoms with Crippen LogP contribution in [-0.2, 0) is 24.3 Å². The number of allylic oxidation sites excluding steroid dienone is 1. The van der Waals surface area contributed by atoms with Gasteiger partial charge >= 0.3 is 0 Å². The van der Waals surface area contributed by atoms with Crippen LogP contribution in [0.1, 0.15) is 11.1 Å². The average Bonchev–Trinajstić information content (AvgIpc) is 3.05. The first-order valence-electron chi connectivity index (χ1n) is 8.49. The van der Waals surface area contributed by atoms with Crippen molar-refractivity contribution in [3.05, 3.63) is 71.4 Å². The minimum absolute atomic E-state index is 0.0127. The first-order valence-corrected chi connectivity index (χ1v) is 11.9. The maximum atomic E-state index is 13.0. The maximum Gasteiger partial charge on any atom is 0.297 e. The molecule has 2 aromatic carbocycles. The van der Waals surface area contributed by atoms with E-state index in [1.165, 1.54) is 30.3 Å². The van der Waals surface area contributed by atoms with Crippen molar-refractivity contribution in [3.8, 4) is 0 Å². The lowest BCUT2D eigenvalue weighted by Gasteiger charge is -2.22. The van der Waals surface area contributed by atoms with Crippen LogP contribution in [0.25, 0.3) is 0 Å². The van der Waals surface area contributed by atoms with Crippen LogP contribution in [0.5, 0.6) is 0 Å². The molecule has 0 amide bonds. The number of rotatable bonds is 6. The lowest BCUT2D eigenvalue weighted by molar-refractivity contribution is 0.248. The molecule has 0 fully saturated rings. The number of hydrogen-bond donors (Lipinski definition) is 0. The number of aryl methyl sites for hydroxylation is 2. The lowest BCUT2D eigenvalue weighted by atomic mass is 10.2. The van der Waals surface area contributed by atoms with Crippen molar-refractivity contribution in [2.75, 3.05) is 12.4 Å². The molecular weight excluding hydrogens is 422 g/mol. The Bertz CT molecular complexity index is 1090. The van der Waals surface area contributed by atoms with E-state index in [0.717, 1.165) is 15.4 Å². The second-order valence-electron chi connectivity index (χ2n) is 6.54. The van der Waals surface area contributed by atoms with E-state index in [9.17, 15) is 16.8 Å². The molecule has 150 valence electrons. The highest BCUT2D eigenvalue weighted by Crippen LogP contribution is 2.29. The third kappa shape index (κ3) is 4.25. The van der Waals surface area contributed by atoms with Gasteiger partial charge in [-0.2, -0.15) is 8.42 Å². The Morgan fingerprint density at radius 3 is 1.93 bits per heavy atom. The highest BCUT2D eigenvalue weighted by molar-refractivity contribution is 7.89. The number of nitrogens with zero attached hydrogens (tertiary/aromatic N) is 1. The van der Waals surface area contributed by atoms with E-state index < -0.39 is 26.2 Å². The van der Waals surface area contributed by atoms with Gasteiger partial charge in [0.15, 0.2) is 0 Å². The fourth-order valence-corrected chi connectivity index (χ4v) is 5.65. The Hall–Kier alpha value is -1.87. The van der Waals surface area contributed by atoms with Gasteiger partial charge in [-0.1, -0.05) is 35.4 Å². The Morgan fingerprint density at radius 1 is 0.929 bits per heavy atom. The molecule has 0 spiro atoms. The molecule has 1 atom stereocenters. The Labute approximate surface area is 170 Å². The number of hydrogen-bond acceptors (Lipinski definition) is 5. The number of benzene rings is 2. The summed E-state index contributed by atoms with van der Waals surface area (Å²) in [6, 6.07) is 12.6. The molecule has 0 bridgehead atoms. The van der Waals surface area contributed by atoms with Crippen molar-refractivity contribution in [3.63, 3.8) is 0 Å². The van der Waals surface area contributed by atoms with Gasteiger partial charge < -0.3 is 0 Å². The maximum absolute atomic E-state index is 13.0. The summed E-state index contributed by atoms with van der Waals surface area (Å²) in [6.45, 7) is 3.54. The van der Waals surface area contributed by atoms with Gasteiger partial charge in [0.05, 0.1) is 22.2 Å². The summed E-state index contributed by atoms with van der Waals surface area (Å²) >= 11 is 5.91. The average molecular weight is 442 g/mol. The Balaban J connectivity index is 1.84. The standard InChI is InChI=1S/C19H20ClNO5S2/c1-14-3-7-18(8-4-14)27(22,23)21-13-17(11-16(21)12-20)26-28(24,25)19-9-5-15(2)6-10-19/h3-11,17H,12-13H2,1-2H3/t17-/m0/s1. The van der Waals surface area contributed by atoms with Gasteiger partial charge in [-0.3, -0.25) is 8.49 Å². The van der Waals surface area contributed by atoms with Gasteiger partial charge in [0.2, 0.25) is 0 Å². The van der Waals surface area contributed by atoms with E-state index in [1.54, 1.807) is 24.3 Å². The van der Waals surface area contributed by atoms with Crippen LogP contribution in [0, 0.1) is 13.8 Å². The van der Waals surface area contributed by atoms with Gasteiger partial charge in [-0.05, 0) is 44.2 Å². The topological polar surface area (TPSA) is 80.8 Å². The molecule has 0 radical (unpaired) electrons. The molecule has 1 heterocycles. The summed E-state index contributed by atoms with van der Waals surface area (Å²) in [4.78, 5) is 0.120. The summed E-state index contributed by atoms with van der Waals surface area (Å²) < 4.78 is 57.3. The SMILES string of the molecule is Cc1ccc(S(=O)(=O)O[C@H]2C=C(CCl)N(S(=O)(=O)c3ccc(C)cc3)C2)cc1. The quantitative estimate of drug-likeness (QED) is 0.508. The molecule has 0 saturated heterocycles. The zero-order valence-corrected chi connectivity index (χ0v) is 17.8. The van der Waals surface area contributed by atoms with E-state index in [4.69, 9.17) is 15.8 Å². The van der Waals surface area contributed by atoms with Gasteiger partial charge in [0, 0.05) is 5.70 Å². The van der Waals surface area contributed by atoms with Crippen molar-refractivity contribution in [1.82, 2.24) is 4.31 Å². The number of alkyl halides is 1. The summed E-state index contributed by atoms with van der Waals surface area (Å²) in [5, 5.41) is 0. The van der Waals surface area contributed by atoms with E-state index in [2.05, 4.69) is 0 Å². The Morgan fingerprint density at radius 2 is 1.43 bits per heavy atom. The molecule has 0 N–H and O–H groups in total. The van der Waals surface area contributed by atoms with Gasteiger partial charge in [0.25, 0.3) is 20.1 Å². The number of sulfonamides is 1. The summed E-state index contributed by atoms with van der Waals surface area (Å²) in [5.41, 5.74) is 2.13. The van der Waals surface area contributed by atoms with Crippen LogP contribution in [0.2, 0.25) is 0 Å². The van der Waals surface area contributed by atoms with Crippen molar-refractivity contribution in [2.24, 2.45) is 0 Å². The molecule has 1 aliphatic rings. The lowest BCUT2D eigenvalue weighted by Crippen LogP contribution is -2.32. The molecule has 2 aromatic rings. The normalized spacial score (nSPS) is 17.6. The van der Waals surface area contributed by atoms with Crippen molar-refractivity contribution < 1.29 is 21.0 Å². The Kier molecular flexibility index (Phi) is 5.86. The first-order chi connectivity index (χ1) is 13.1. The monoisotopic (exact) mass is 441 g/mol. The van der Waals surface area contributed by atoms with Crippen LogP contribution >= 0.6 is 11.6 Å². The first kappa shape index (κ1) is 20.9. The molecule has 6 nitrogen and oxygen atoms in total. The zero-order chi connectivity index (χ0) is 20.5. The predicted molar refractivity (Wildman–Crippen MR) is 107 cm³/mol. The fourth-order valence-electron chi connectivity index (χ4n) is 2.81. The molecule has 0 aliphatic carbocycles. The fraction of sp³-hybridized carbons (Fsp3) is 0.263. The molecule has 1 aliphatic heterocycles. The highest BCUT2D eigenvalue weighted by Gasteiger charge is 2.35. The van der Waals surface area contributed by atoms with Crippen molar-refractivity contribution in [1.29, 1.82) is 0 Å². The van der Waals surface area contributed by atoms with E-state index >= 15 is 0 Å². The minimum atomic E-state index is -4.04. The largest absolute Gasteiger partial charge is 0.297 e. The van der Waals surface area contributed by atoms with E-state index in [0.29, 0.717) is 0 Å². The van der Waals surface area contributed by atoms with E-state index in [1.807, 2.05) is 13.8 Å². The second kappa shape index (κ2) is 7.87. The molecular formula is C19H20ClNO5S2. The summed E-state index contributed by atoms with van der Waals surface area (Å²) in [5.74, 6) is -0.0878. The van der Waals surface area contributed by atoms with E-state index in [-0.39, 0.29) is 27.9 Å². The van der Waals surface area contributed by atoms with Crippen molar-refractivity contribution >= 4 is 31.7 Å². The van der Waals surface area contributed by atoms with Crippen LogP contribution in [0.4, 0.5) is 0 Å². The minimum Gasteiger partial charge on any atom is -0.266 e. The van der Waals surface area contributed by atoms with Gasteiger partial charge in [-0.15, -0.1) is 11.6 Å². The van der Waals surface area contributed by atoms with Crippen LogP contribution in [0.15, 0.2) is 70.1 Å². The van der Waals surface area contributed by atoms with Gasteiger partial charge in [0.1, 0.15) is 6.10 Å². The summed E-state index contributed by atoms with van der Waals surface area (Å²) in [6.07, 6.45) is 0.477. The highest BCUT2D eigenvalue weighted by atomic mass is 35.5. The molecule has 3 rings (SSSR count). The van der Waals surface area contributed by atoms with Crippen LogP contribution in [0.3, 0.4) is 0 Å². The van der Waals surface area contributed by atoms with Gasteiger partial charge in [-0.25, -0.2) is 8.42 Å². The predicted octanol–water partition coefficient (Wildman–Crippen LogP) is 3.20. The summed E-state index contributed by atoms with van der Waals surface area (Å²) in [7, 11) is -7.91. The third-order valence-corrected chi connectivity index (χ3v) is 7.81.